The van der Waals surface area contributed by atoms with Crippen molar-refractivity contribution < 1.29 is 0 Å². The minimum atomic E-state index is 0.527. The zero-order valence-corrected chi connectivity index (χ0v) is 13.1. The minimum absolute atomic E-state index is 0.527. The highest BCUT2D eigenvalue weighted by Gasteiger charge is 2.32. The summed E-state index contributed by atoms with van der Waals surface area (Å²) in [5.41, 5.74) is 5.76. The van der Waals surface area contributed by atoms with E-state index >= 15 is 0 Å². The number of benzene rings is 2. The van der Waals surface area contributed by atoms with Gasteiger partial charge in [0, 0.05) is 11.8 Å². The molecular weight excluding hydrogens is 267 g/mol. The van der Waals surface area contributed by atoms with Gasteiger partial charge in [-0.1, -0.05) is 72.8 Å². The molecule has 2 atom stereocenters. The molecule has 2 aliphatic carbocycles. The molecule has 0 saturated carbocycles. The van der Waals surface area contributed by atoms with Crippen LogP contribution in [-0.4, -0.2) is 16.3 Å². The molecule has 1 heteroatoms. The van der Waals surface area contributed by atoms with Crippen molar-refractivity contribution in [2.45, 2.75) is 17.1 Å². The van der Waals surface area contributed by atoms with Crippen molar-refractivity contribution in [1.29, 1.82) is 0 Å². The van der Waals surface area contributed by atoms with E-state index in [4.69, 9.17) is 0 Å². The van der Waals surface area contributed by atoms with Crippen LogP contribution in [0.2, 0.25) is 5.28 Å². The van der Waals surface area contributed by atoms with Gasteiger partial charge in [-0.25, -0.2) is 0 Å². The van der Waals surface area contributed by atoms with Crippen LogP contribution in [0.25, 0.3) is 12.2 Å². The lowest BCUT2D eigenvalue weighted by Gasteiger charge is -2.29. The zero-order valence-electron chi connectivity index (χ0n) is 11.9. The molecule has 0 nitrogen and oxygen atoms in total. The van der Waals surface area contributed by atoms with E-state index in [1.54, 1.807) is 0 Å². The molecule has 0 aromatic heterocycles. The van der Waals surface area contributed by atoms with E-state index in [2.05, 4.69) is 89.1 Å². The van der Waals surface area contributed by atoms with Crippen LogP contribution in [0.4, 0.5) is 0 Å². The predicted molar refractivity (Wildman–Crippen MR) is 90.5 cm³/mol. The molecule has 2 aromatic rings. The van der Waals surface area contributed by atoms with Gasteiger partial charge in [-0.3, -0.25) is 0 Å². The van der Waals surface area contributed by atoms with E-state index in [1.807, 2.05) is 0 Å². The molecule has 21 heavy (non-hydrogen) atoms. The number of allylic oxidation sites excluding steroid dienone is 2. The van der Waals surface area contributed by atoms with Crippen LogP contribution in [-0.2, 0) is 0 Å². The van der Waals surface area contributed by atoms with Crippen LogP contribution in [0.3, 0.4) is 0 Å². The Morgan fingerprint density at radius 2 is 1.24 bits per heavy atom. The first-order valence-electron chi connectivity index (χ1n) is 7.63. The van der Waals surface area contributed by atoms with E-state index in [9.17, 15) is 0 Å². The van der Waals surface area contributed by atoms with Crippen molar-refractivity contribution >= 4 is 28.4 Å². The normalized spacial score (nSPS) is 23.0. The van der Waals surface area contributed by atoms with Gasteiger partial charge >= 0.3 is 0 Å². The first kappa shape index (κ1) is 13.1. The van der Waals surface area contributed by atoms with Gasteiger partial charge < -0.3 is 0 Å². The van der Waals surface area contributed by atoms with E-state index in [1.165, 1.54) is 22.3 Å². The van der Waals surface area contributed by atoms with Crippen molar-refractivity contribution in [2.24, 2.45) is 5.92 Å². The fraction of sp³-hybridized carbons (Fsp3) is 0.200. The fourth-order valence-corrected chi connectivity index (χ4v) is 4.40. The molecule has 0 fully saturated rings. The van der Waals surface area contributed by atoms with Gasteiger partial charge in [0.2, 0.25) is 0 Å². The summed E-state index contributed by atoms with van der Waals surface area (Å²) in [4.78, 5) is 0. The van der Waals surface area contributed by atoms with Crippen molar-refractivity contribution in [3.8, 4) is 0 Å². The highest BCUT2D eigenvalue weighted by molar-refractivity contribution is 6.08. The third-order valence-electron chi connectivity index (χ3n) is 4.87. The van der Waals surface area contributed by atoms with Crippen molar-refractivity contribution in [2.75, 3.05) is 0 Å². The number of hydrogen-bond donors (Lipinski definition) is 0. The average molecular weight is 284 g/mol. The zero-order chi connectivity index (χ0) is 14.2. The largest absolute Gasteiger partial charge is 0.118 e. The van der Waals surface area contributed by atoms with Crippen LogP contribution < -0.4 is 0 Å². The molecule has 0 aliphatic heterocycles. The molecule has 0 N–H and O–H groups in total. The summed E-state index contributed by atoms with van der Waals surface area (Å²) in [5.74, 6) is 1.66. The van der Waals surface area contributed by atoms with Crippen molar-refractivity contribution in [1.82, 2.24) is 0 Å². The summed E-state index contributed by atoms with van der Waals surface area (Å²) in [6.07, 6.45) is 9.37. The van der Waals surface area contributed by atoms with Crippen LogP contribution >= 0.6 is 0 Å². The van der Waals surface area contributed by atoms with Gasteiger partial charge in [-0.2, -0.15) is 0 Å². The highest BCUT2D eigenvalue weighted by atomic mass is 27.0. The summed E-state index contributed by atoms with van der Waals surface area (Å²) in [5, 5.41) is 1.12. The first-order valence-corrected chi connectivity index (χ1v) is 8.44. The topological polar surface area (TPSA) is 0 Å². The van der Waals surface area contributed by atoms with E-state index < -0.39 is 0 Å². The van der Waals surface area contributed by atoms with E-state index in [-0.39, 0.29) is 0 Å². The predicted octanol–water partition coefficient (Wildman–Crippen LogP) is 4.81. The maximum absolute atomic E-state index is 2.97. The average Bonchev–Trinajstić information content (AvgIpc) is 3.14. The maximum Gasteiger partial charge on any atom is 0.118 e. The smallest absolute Gasteiger partial charge is 0.113 e. The monoisotopic (exact) mass is 284 g/mol. The van der Waals surface area contributed by atoms with Crippen LogP contribution in [0.5, 0.6) is 0 Å². The molecular formula is C20H17Al. The van der Waals surface area contributed by atoms with Crippen LogP contribution in [0.15, 0.2) is 60.7 Å². The second-order valence-corrected chi connectivity index (χ2v) is 6.40. The fourth-order valence-electron chi connectivity index (χ4n) is 3.82. The maximum atomic E-state index is 2.97. The quantitative estimate of drug-likeness (QED) is 0.709. The summed E-state index contributed by atoms with van der Waals surface area (Å²) < 4.78 is 0. The summed E-state index contributed by atoms with van der Waals surface area (Å²) >= 11 is 2.97. The van der Waals surface area contributed by atoms with Gasteiger partial charge in [-0.05, 0) is 28.2 Å². The van der Waals surface area contributed by atoms with Gasteiger partial charge in [0.05, 0.1) is 0 Å². The molecule has 0 heterocycles. The Labute approximate surface area is 134 Å². The molecule has 4 rings (SSSR count). The second-order valence-electron chi connectivity index (χ2n) is 5.93. The Morgan fingerprint density at radius 1 is 0.762 bits per heavy atom. The van der Waals surface area contributed by atoms with Crippen LogP contribution in [0.1, 0.15) is 34.1 Å². The SMILES string of the molecule is [Al][CH2]C(C1C=Cc2ccccc21)C1C=Cc2ccccc21. The summed E-state index contributed by atoms with van der Waals surface area (Å²) in [7, 11) is 0. The van der Waals surface area contributed by atoms with Gasteiger partial charge in [0.25, 0.3) is 0 Å². The highest BCUT2D eigenvalue weighted by Crippen LogP contribution is 2.46. The van der Waals surface area contributed by atoms with Crippen LogP contribution in [0, 0.1) is 5.92 Å². The van der Waals surface area contributed by atoms with Gasteiger partial charge in [0.15, 0.2) is 0 Å². The lowest BCUT2D eigenvalue weighted by molar-refractivity contribution is 0.482. The Morgan fingerprint density at radius 3 is 1.71 bits per heavy atom. The molecule has 0 amide bonds. The molecule has 2 aliphatic rings. The van der Waals surface area contributed by atoms with Crippen molar-refractivity contribution in [3.05, 3.63) is 82.9 Å². The second kappa shape index (κ2) is 5.34. The lowest BCUT2D eigenvalue weighted by Crippen LogP contribution is -2.17. The molecule has 100 valence electrons. The van der Waals surface area contributed by atoms with E-state index in [0.29, 0.717) is 17.8 Å². The number of hydrogen-bond acceptors (Lipinski definition) is 0. The molecule has 0 bridgehead atoms. The first-order chi connectivity index (χ1) is 10.4. The minimum Gasteiger partial charge on any atom is -0.113 e. The van der Waals surface area contributed by atoms with E-state index in [0.717, 1.165) is 5.28 Å². The molecule has 0 spiro atoms. The Balaban J connectivity index is 1.72. The molecule has 2 unspecified atom stereocenters. The molecule has 0 saturated heterocycles. The van der Waals surface area contributed by atoms with Gasteiger partial charge in [-0.15, -0.1) is 5.28 Å². The lowest BCUT2D eigenvalue weighted by atomic mass is 9.78. The Bertz CT molecular complexity index is 665. The van der Waals surface area contributed by atoms with Gasteiger partial charge in [0.1, 0.15) is 16.3 Å². The summed E-state index contributed by atoms with van der Waals surface area (Å²) in [6, 6.07) is 17.6. The standard InChI is InChI=1S/C20H17.Al/c1-14(17-12-10-15-6-2-4-8-19(15)17)18-13-11-16-7-3-5-9-20(16)18;/h2-14,17-18H,1H2;. The number of fused-ring (bicyclic) bond motifs is 2. The number of rotatable bonds is 3. The third-order valence-corrected chi connectivity index (χ3v) is 5.42. The Kier molecular flexibility index (Phi) is 3.34. The molecule has 2 aromatic carbocycles. The molecule has 2 radical (unpaired) electrons. The summed E-state index contributed by atoms with van der Waals surface area (Å²) in [6.45, 7) is 0. The Hall–Kier alpha value is -1.55. The van der Waals surface area contributed by atoms with Crippen molar-refractivity contribution in [3.63, 3.8) is 0 Å². The third kappa shape index (κ3) is 2.13.